The Morgan fingerprint density at radius 1 is 0.587 bits per heavy atom. The van der Waals surface area contributed by atoms with Gasteiger partial charge in [0, 0.05) is 0 Å². The Morgan fingerprint density at radius 3 is 1.80 bits per heavy atom. The Kier molecular flexibility index (Phi) is 18.1. The first-order valence-electron chi connectivity index (χ1n) is 27.3. The van der Waals surface area contributed by atoms with Gasteiger partial charge in [0.15, 0.2) is 25.2 Å². The van der Waals surface area contributed by atoms with E-state index in [2.05, 4.69) is 40.7 Å². The number of rotatable bonds is 15. The number of ether oxygens (including phenoxy) is 8. The van der Waals surface area contributed by atoms with E-state index >= 15 is 0 Å². The fraction of sp³-hybridized carbons (Fsp3) is 0.962. The van der Waals surface area contributed by atoms with Crippen LogP contribution in [0.3, 0.4) is 0 Å². The molecule has 8 rings (SSSR count). The molecule has 29 atom stereocenters. The first-order chi connectivity index (χ1) is 35.1. The highest BCUT2D eigenvalue weighted by Crippen LogP contribution is 2.76. The number of allylic oxidation sites excluding steroid dienone is 2. The van der Waals surface area contributed by atoms with Crippen molar-refractivity contribution in [2.24, 2.45) is 45.3 Å². The third-order valence-corrected chi connectivity index (χ3v) is 20.5. The molecule has 0 aromatic heterocycles. The monoisotopic (exact) mass is 1080 g/mol. The van der Waals surface area contributed by atoms with E-state index in [4.69, 9.17) is 37.9 Å². The summed E-state index contributed by atoms with van der Waals surface area (Å²) in [6, 6.07) is 0. The zero-order chi connectivity index (χ0) is 55.1. The number of hydrogen-bond donors (Lipinski definition) is 14. The van der Waals surface area contributed by atoms with Crippen LogP contribution in [0.4, 0.5) is 0 Å². The van der Waals surface area contributed by atoms with Gasteiger partial charge in [0.1, 0.15) is 91.6 Å². The Balaban J connectivity index is 1.01. The van der Waals surface area contributed by atoms with Gasteiger partial charge in [-0.1, -0.05) is 46.3 Å². The predicted octanol–water partition coefficient (Wildman–Crippen LogP) is -1.56. The number of aliphatic hydroxyl groups excluding tert-OH is 14. The molecule has 0 bridgehead atoms. The molecule has 1 unspecified atom stereocenters. The molecule has 4 aliphatic carbocycles. The van der Waals surface area contributed by atoms with Crippen LogP contribution in [0.15, 0.2) is 11.6 Å². The third kappa shape index (κ3) is 10.6. The second-order valence-corrected chi connectivity index (χ2v) is 25.3. The average molecular weight is 1080 g/mol. The average Bonchev–Trinajstić information content (AvgIpc) is 3.75. The standard InChI is InChI=1S/C53H90O22/c1-23(2)10-9-14-53(8,75-47-43(67)39(63)37(61)29(72-47)22-69-45-41(65)34(58)26(57)21-68-45)24-11-16-52(7)33(24)25(56)18-31-50(5)15-13-32(49(3,4)30(50)12-17-51(31,52)6)73-48-44(40(64)36(60)28(20-55)71-48)74-46-42(66)38(62)35(59)27(19-54)70-46/h10,24-48,54-67H,9,11-22H2,1-8H3/t24-,25+,26+,27+,28+,29+,30?,31+,32-,33-,34-,35+,36+,37+,38-,39-,40-,41+,42+,43+,44+,45-,46-,47-,48-,50-,51+,52+,53-/m0/s1. The van der Waals surface area contributed by atoms with E-state index < -0.39 is 165 Å². The minimum absolute atomic E-state index is 0.0508. The summed E-state index contributed by atoms with van der Waals surface area (Å²) in [6.45, 7) is 15.1. The van der Waals surface area contributed by atoms with Crippen LogP contribution in [0.2, 0.25) is 0 Å². The molecular formula is C53H90O22. The van der Waals surface area contributed by atoms with Crippen molar-refractivity contribution in [1.29, 1.82) is 0 Å². The second kappa shape index (κ2) is 22.7. The van der Waals surface area contributed by atoms with Crippen molar-refractivity contribution >= 4 is 0 Å². The van der Waals surface area contributed by atoms with Crippen LogP contribution in [-0.2, 0) is 37.9 Å². The number of hydrogen-bond acceptors (Lipinski definition) is 22. The van der Waals surface area contributed by atoms with Gasteiger partial charge >= 0.3 is 0 Å². The lowest BCUT2D eigenvalue weighted by molar-refractivity contribution is -0.378. The smallest absolute Gasteiger partial charge is 0.187 e. The minimum Gasteiger partial charge on any atom is -0.394 e. The molecule has 0 radical (unpaired) electrons. The van der Waals surface area contributed by atoms with E-state index in [9.17, 15) is 71.5 Å². The maximum Gasteiger partial charge on any atom is 0.187 e. The Labute approximate surface area is 439 Å². The van der Waals surface area contributed by atoms with Crippen molar-refractivity contribution in [1.82, 2.24) is 0 Å². The van der Waals surface area contributed by atoms with Gasteiger partial charge in [-0.2, -0.15) is 0 Å². The highest BCUT2D eigenvalue weighted by Gasteiger charge is 2.72. The predicted molar refractivity (Wildman–Crippen MR) is 260 cm³/mol. The fourth-order valence-electron chi connectivity index (χ4n) is 16.0. The van der Waals surface area contributed by atoms with Crippen molar-refractivity contribution in [3.63, 3.8) is 0 Å². The topological polar surface area (TPSA) is 357 Å². The van der Waals surface area contributed by atoms with Crippen molar-refractivity contribution in [3.05, 3.63) is 11.6 Å². The molecule has 434 valence electrons. The largest absolute Gasteiger partial charge is 0.394 e. The summed E-state index contributed by atoms with van der Waals surface area (Å²) in [5, 5.41) is 151. The lowest BCUT2D eigenvalue weighted by Crippen LogP contribution is -2.68. The van der Waals surface area contributed by atoms with Crippen LogP contribution >= 0.6 is 0 Å². The Bertz CT molecular complexity index is 1940. The van der Waals surface area contributed by atoms with Crippen LogP contribution < -0.4 is 0 Å². The fourth-order valence-corrected chi connectivity index (χ4v) is 16.0. The van der Waals surface area contributed by atoms with Crippen LogP contribution in [0.1, 0.15) is 113 Å². The summed E-state index contributed by atoms with van der Waals surface area (Å²) in [7, 11) is 0. The lowest BCUT2D eigenvalue weighted by atomic mass is 9.35. The maximum atomic E-state index is 12.8. The zero-order valence-corrected chi connectivity index (χ0v) is 44.7. The highest BCUT2D eigenvalue weighted by molar-refractivity contribution is 5.20. The van der Waals surface area contributed by atoms with Gasteiger partial charge in [-0.3, -0.25) is 0 Å². The van der Waals surface area contributed by atoms with Crippen molar-refractivity contribution < 1.29 is 109 Å². The molecular weight excluding hydrogens is 989 g/mol. The zero-order valence-electron chi connectivity index (χ0n) is 44.7. The summed E-state index contributed by atoms with van der Waals surface area (Å²) in [5.41, 5.74) is -1.48. The summed E-state index contributed by atoms with van der Waals surface area (Å²) >= 11 is 0. The third-order valence-electron chi connectivity index (χ3n) is 20.5. The molecule has 8 aliphatic rings. The Hall–Kier alpha value is -1.14. The van der Waals surface area contributed by atoms with Crippen LogP contribution in [-0.4, -0.2) is 232 Å². The molecule has 8 fully saturated rings. The maximum absolute atomic E-state index is 12.8. The van der Waals surface area contributed by atoms with E-state index in [0.29, 0.717) is 38.5 Å². The van der Waals surface area contributed by atoms with Gasteiger partial charge in [-0.25, -0.2) is 0 Å². The summed E-state index contributed by atoms with van der Waals surface area (Å²) in [6.07, 6.45) is -22.6. The molecule has 4 saturated heterocycles. The first kappa shape index (κ1) is 60.0. The molecule has 14 N–H and O–H groups in total. The number of fused-ring (bicyclic) bond motifs is 5. The molecule has 0 amide bonds. The molecule has 0 aromatic rings. The van der Waals surface area contributed by atoms with E-state index in [0.717, 1.165) is 24.8 Å². The van der Waals surface area contributed by atoms with Crippen molar-refractivity contribution in [3.8, 4) is 0 Å². The van der Waals surface area contributed by atoms with Crippen molar-refractivity contribution in [2.45, 2.75) is 248 Å². The van der Waals surface area contributed by atoms with Gasteiger partial charge < -0.3 is 109 Å². The van der Waals surface area contributed by atoms with Gasteiger partial charge in [0.2, 0.25) is 0 Å². The quantitative estimate of drug-likeness (QED) is 0.0651. The normalized spacial score (nSPS) is 52.7. The summed E-state index contributed by atoms with van der Waals surface area (Å²) in [5.74, 6) is -0.395. The van der Waals surface area contributed by atoms with E-state index in [1.54, 1.807) is 0 Å². The lowest BCUT2D eigenvalue weighted by Gasteiger charge is -2.71. The number of aliphatic hydroxyl groups is 14. The van der Waals surface area contributed by atoms with Gasteiger partial charge in [-0.05, 0) is 124 Å². The van der Waals surface area contributed by atoms with E-state index in [-0.39, 0.29) is 41.1 Å². The van der Waals surface area contributed by atoms with E-state index in [1.807, 2.05) is 20.8 Å². The van der Waals surface area contributed by atoms with Crippen LogP contribution in [0, 0.1) is 45.3 Å². The van der Waals surface area contributed by atoms with Gasteiger partial charge in [-0.15, -0.1) is 0 Å². The molecule has 0 aromatic carbocycles. The summed E-state index contributed by atoms with van der Waals surface area (Å²) in [4.78, 5) is 0. The van der Waals surface area contributed by atoms with Gasteiger partial charge in [0.25, 0.3) is 0 Å². The minimum atomic E-state index is -1.81. The SMILES string of the molecule is CC(C)=CCC[C@](C)(O[C@@H]1O[C@H](CO[C@@H]2OC[C@@H](O)[C@H](O)[C@H]2O)[C@@H](O)[C@H](O)[C@H]1O)[C@H]1CC[C@]2(C)[C@@H]1[C@H](O)C[C@@H]1[C@@]3(C)CC[C@H](O[C@@H]4O[C@H](CO)[C@@H](O)[C@H](O)[C@H]4O[C@@H]4O[C@H](CO)[C@@H](O)[C@H](O)[C@H]4O)C(C)(C)C3CC[C@]12C. The van der Waals surface area contributed by atoms with E-state index in [1.165, 1.54) is 0 Å². The molecule has 0 spiro atoms. The Morgan fingerprint density at radius 2 is 1.16 bits per heavy atom. The van der Waals surface area contributed by atoms with Crippen molar-refractivity contribution in [2.75, 3.05) is 26.4 Å². The molecule has 22 heteroatoms. The van der Waals surface area contributed by atoms with Crippen LogP contribution in [0.5, 0.6) is 0 Å². The molecule has 4 heterocycles. The van der Waals surface area contributed by atoms with Gasteiger partial charge in [0.05, 0.1) is 44.2 Å². The highest BCUT2D eigenvalue weighted by atomic mass is 16.8. The molecule has 22 nitrogen and oxygen atoms in total. The molecule has 75 heavy (non-hydrogen) atoms. The second-order valence-electron chi connectivity index (χ2n) is 25.3. The van der Waals surface area contributed by atoms with Crippen LogP contribution in [0.25, 0.3) is 0 Å². The first-order valence-corrected chi connectivity index (χ1v) is 27.3. The molecule has 4 saturated carbocycles. The summed E-state index contributed by atoms with van der Waals surface area (Å²) < 4.78 is 48.8. The molecule has 4 aliphatic heterocycles.